The van der Waals surface area contributed by atoms with Crippen molar-refractivity contribution in [3.05, 3.63) is 29.2 Å². The van der Waals surface area contributed by atoms with Crippen molar-refractivity contribution in [2.75, 3.05) is 0 Å². The van der Waals surface area contributed by atoms with Crippen molar-refractivity contribution in [3.8, 4) is 11.6 Å². The molecule has 0 atom stereocenters. The van der Waals surface area contributed by atoms with Crippen LogP contribution in [0.4, 0.5) is 0 Å². The van der Waals surface area contributed by atoms with Gasteiger partial charge in [-0.25, -0.2) is 0 Å². The molecular formula is C8H6ClN3O. The fourth-order valence-corrected chi connectivity index (χ4v) is 1.08. The number of nitrogens with zero attached hydrogens (tertiary/aromatic N) is 3. The van der Waals surface area contributed by atoms with Crippen LogP contribution in [0.3, 0.4) is 0 Å². The Labute approximate surface area is 79.6 Å². The van der Waals surface area contributed by atoms with Crippen molar-refractivity contribution >= 4 is 11.6 Å². The lowest BCUT2D eigenvalue weighted by molar-refractivity contribution is 0.531. The van der Waals surface area contributed by atoms with E-state index in [4.69, 9.17) is 16.0 Å². The Balaban J connectivity index is 2.46. The van der Waals surface area contributed by atoms with E-state index in [1.807, 2.05) is 0 Å². The van der Waals surface area contributed by atoms with E-state index in [9.17, 15) is 0 Å². The number of hydrogen-bond donors (Lipinski definition) is 0. The number of halogens is 1. The fourth-order valence-electron chi connectivity index (χ4n) is 0.922. The summed E-state index contributed by atoms with van der Waals surface area (Å²) in [6, 6.07) is 3.36. The van der Waals surface area contributed by atoms with Crippen LogP contribution in [0.25, 0.3) is 11.6 Å². The summed E-state index contributed by atoms with van der Waals surface area (Å²) in [5.74, 6) is 0.900. The molecule has 2 rings (SSSR count). The Morgan fingerprint density at radius 1 is 1.38 bits per heavy atom. The highest BCUT2D eigenvalue weighted by Crippen LogP contribution is 2.18. The molecule has 0 spiro atoms. The third-order valence-corrected chi connectivity index (χ3v) is 1.70. The number of pyridine rings is 1. The highest BCUT2D eigenvalue weighted by atomic mass is 35.5. The van der Waals surface area contributed by atoms with E-state index in [0.29, 0.717) is 22.5 Å². The van der Waals surface area contributed by atoms with Gasteiger partial charge in [-0.2, -0.15) is 0 Å². The molecule has 0 N–H and O–H groups in total. The quantitative estimate of drug-likeness (QED) is 0.699. The third kappa shape index (κ3) is 1.67. The highest BCUT2D eigenvalue weighted by molar-refractivity contribution is 6.30. The molecule has 0 saturated heterocycles. The molecule has 13 heavy (non-hydrogen) atoms. The predicted molar refractivity (Wildman–Crippen MR) is 47.3 cm³/mol. The van der Waals surface area contributed by atoms with Crippen molar-refractivity contribution in [2.45, 2.75) is 6.92 Å². The minimum absolute atomic E-state index is 0.389. The fraction of sp³-hybridized carbons (Fsp3) is 0.125. The third-order valence-electron chi connectivity index (χ3n) is 1.47. The van der Waals surface area contributed by atoms with Crippen LogP contribution in [-0.2, 0) is 0 Å². The Kier molecular flexibility index (Phi) is 1.98. The molecule has 5 heteroatoms. The van der Waals surface area contributed by atoms with Gasteiger partial charge in [0.2, 0.25) is 5.89 Å². The summed E-state index contributed by atoms with van der Waals surface area (Å²) >= 11 is 5.77. The highest BCUT2D eigenvalue weighted by Gasteiger charge is 2.06. The molecule has 0 unspecified atom stereocenters. The SMILES string of the molecule is Cc1nnc(-c2cc(Cl)ccn2)o1. The zero-order valence-corrected chi connectivity index (χ0v) is 7.62. The van der Waals surface area contributed by atoms with Gasteiger partial charge < -0.3 is 4.42 Å². The molecule has 2 aromatic rings. The Hall–Kier alpha value is -1.42. The molecule has 0 aromatic carbocycles. The van der Waals surface area contributed by atoms with Gasteiger partial charge in [0.25, 0.3) is 5.89 Å². The predicted octanol–water partition coefficient (Wildman–Crippen LogP) is 2.09. The molecule has 0 bridgehead atoms. The van der Waals surface area contributed by atoms with Crippen LogP contribution < -0.4 is 0 Å². The van der Waals surface area contributed by atoms with Crippen molar-refractivity contribution in [1.29, 1.82) is 0 Å². The lowest BCUT2D eigenvalue weighted by atomic mass is 10.3. The van der Waals surface area contributed by atoms with Gasteiger partial charge in [-0.3, -0.25) is 4.98 Å². The summed E-state index contributed by atoms with van der Waals surface area (Å²) in [4.78, 5) is 4.04. The van der Waals surface area contributed by atoms with Crippen LogP contribution in [0.5, 0.6) is 0 Å². The van der Waals surface area contributed by atoms with Gasteiger partial charge >= 0.3 is 0 Å². The minimum atomic E-state index is 0.389. The lowest BCUT2D eigenvalue weighted by Crippen LogP contribution is -1.82. The first-order valence-corrected chi connectivity index (χ1v) is 4.05. The maximum atomic E-state index is 5.77. The number of hydrogen-bond acceptors (Lipinski definition) is 4. The second-order valence-corrected chi connectivity index (χ2v) is 2.92. The van der Waals surface area contributed by atoms with Crippen LogP contribution in [0, 0.1) is 6.92 Å². The van der Waals surface area contributed by atoms with E-state index in [1.54, 1.807) is 25.3 Å². The zero-order valence-electron chi connectivity index (χ0n) is 6.86. The van der Waals surface area contributed by atoms with E-state index < -0.39 is 0 Å². The average Bonchev–Trinajstić information content (AvgIpc) is 2.52. The number of aryl methyl sites for hydroxylation is 1. The first-order chi connectivity index (χ1) is 6.25. The van der Waals surface area contributed by atoms with E-state index in [0.717, 1.165) is 0 Å². The Bertz CT molecular complexity index is 427. The van der Waals surface area contributed by atoms with E-state index in [-0.39, 0.29) is 0 Å². The summed E-state index contributed by atoms with van der Waals surface area (Å²) in [6.07, 6.45) is 1.59. The Morgan fingerprint density at radius 2 is 2.23 bits per heavy atom. The minimum Gasteiger partial charge on any atom is -0.420 e. The van der Waals surface area contributed by atoms with Crippen LogP contribution in [0.2, 0.25) is 5.02 Å². The standard InChI is InChI=1S/C8H6ClN3O/c1-5-11-12-8(13-5)7-4-6(9)2-3-10-7/h2-4H,1H3. The molecule has 66 valence electrons. The number of rotatable bonds is 1. The molecule has 4 nitrogen and oxygen atoms in total. The monoisotopic (exact) mass is 195 g/mol. The maximum absolute atomic E-state index is 5.77. The van der Waals surface area contributed by atoms with Crippen LogP contribution in [0.1, 0.15) is 5.89 Å². The normalized spacial score (nSPS) is 10.3. The van der Waals surface area contributed by atoms with Crippen LogP contribution in [-0.4, -0.2) is 15.2 Å². The molecule has 0 amide bonds. The molecule has 0 saturated carbocycles. The van der Waals surface area contributed by atoms with Crippen molar-refractivity contribution in [1.82, 2.24) is 15.2 Å². The van der Waals surface area contributed by atoms with Crippen molar-refractivity contribution < 1.29 is 4.42 Å². The largest absolute Gasteiger partial charge is 0.420 e. The molecule has 0 aliphatic carbocycles. The van der Waals surface area contributed by atoms with Gasteiger partial charge in [-0.1, -0.05) is 11.6 Å². The van der Waals surface area contributed by atoms with Gasteiger partial charge in [0.05, 0.1) is 0 Å². The molecule has 2 heterocycles. The van der Waals surface area contributed by atoms with E-state index >= 15 is 0 Å². The maximum Gasteiger partial charge on any atom is 0.266 e. The molecule has 0 aliphatic rings. The topological polar surface area (TPSA) is 51.8 Å². The summed E-state index contributed by atoms with van der Waals surface area (Å²) < 4.78 is 5.18. The Morgan fingerprint density at radius 3 is 2.85 bits per heavy atom. The van der Waals surface area contributed by atoms with Gasteiger partial charge in [0.1, 0.15) is 5.69 Å². The smallest absolute Gasteiger partial charge is 0.266 e. The van der Waals surface area contributed by atoms with E-state index in [2.05, 4.69) is 15.2 Å². The molecule has 0 radical (unpaired) electrons. The van der Waals surface area contributed by atoms with Gasteiger partial charge in [-0.05, 0) is 12.1 Å². The molecular weight excluding hydrogens is 190 g/mol. The summed E-state index contributed by atoms with van der Waals surface area (Å²) in [7, 11) is 0. The second-order valence-electron chi connectivity index (χ2n) is 2.49. The van der Waals surface area contributed by atoms with Crippen LogP contribution >= 0.6 is 11.6 Å². The van der Waals surface area contributed by atoms with Gasteiger partial charge in [0.15, 0.2) is 0 Å². The average molecular weight is 196 g/mol. The molecule has 2 aromatic heterocycles. The summed E-state index contributed by atoms with van der Waals surface area (Å²) in [5, 5.41) is 8.11. The molecule has 0 aliphatic heterocycles. The zero-order chi connectivity index (χ0) is 9.26. The second kappa shape index (κ2) is 3.14. The summed E-state index contributed by atoms with van der Waals surface area (Å²) in [6.45, 7) is 1.72. The van der Waals surface area contributed by atoms with Crippen molar-refractivity contribution in [3.63, 3.8) is 0 Å². The van der Waals surface area contributed by atoms with Crippen LogP contribution in [0.15, 0.2) is 22.7 Å². The van der Waals surface area contributed by atoms with Gasteiger partial charge in [0, 0.05) is 18.1 Å². The van der Waals surface area contributed by atoms with Gasteiger partial charge in [-0.15, -0.1) is 10.2 Å². The molecule has 0 fully saturated rings. The summed E-state index contributed by atoms with van der Waals surface area (Å²) in [5.41, 5.74) is 0.591. The van der Waals surface area contributed by atoms with E-state index in [1.165, 1.54) is 0 Å². The lowest BCUT2D eigenvalue weighted by Gasteiger charge is -1.92. The first-order valence-electron chi connectivity index (χ1n) is 3.68. The first kappa shape index (κ1) is 8.19. The van der Waals surface area contributed by atoms with Crippen molar-refractivity contribution in [2.24, 2.45) is 0 Å². The number of aromatic nitrogens is 3.